The van der Waals surface area contributed by atoms with Crippen LogP contribution in [0.5, 0.6) is 0 Å². The van der Waals surface area contributed by atoms with Crippen molar-refractivity contribution in [2.45, 2.75) is 57.0 Å². The Bertz CT molecular complexity index is 1370. The molecule has 3 heterocycles. The molecular weight excluding hydrogens is 505 g/mol. The lowest BCUT2D eigenvalue weighted by Gasteiger charge is -2.24. The van der Waals surface area contributed by atoms with Crippen LogP contribution in [-0.2, 0) is 29.2 Å². The molecule has 1 aliphatic carbocycles. The topological polar surface area (TPSA) is 74.2 Å². The molecular formula is C29H33F3N6O. The first kappa shape index (κ1) is 26.9. The lowest BCUT2D eigenvalue weighted by atomic mass is 9.94. The number of nitrogens with zero attached hydrogens (tertiary/aromatic N) is 5. The van der Waals surface area contributed by atoms with Gasteiger partial charge in [0, 0.05) is 57.0 Å². The quantitative estimate of drug-likeness (QED) is 0.448. The Morgan fingerprint density at radius 3 is 2.36 bits per heavy atom. The van der Waals surface area contributed by atoms with Crippen LogP contribution in [0.4, 0.5) is 30.5 Å². The molecule has 2 aliphatic rings. The summed E-state index contributed by atoms with van der Waals surface area (Å²) in [7, 11) is 3.56. The van der Waals surface area contributed by atoms with Gasteiger partial charge in [-0.05, 0) is 49.1 Å². The molecule has 0 unspecified atom stereocenters. The van der Waals surface area contributed by atoms with Crippen molar-refractivity contribution in [3.8, 4) is 0 Å². The van der Waals surface area contributed by atoms with E-state index in [9.17, 15) is 18.0 Å². The molecule has 0 spiro atoms. The van der Waals surface area contributed by atoms with E-state index in [1.807, 2.05) is 38.1 Å². The molecule has 1 aliphatic heterocycles. The third-order valence-electron chi connectivity index (χ3n) is 7.53. The van der Waals surface area contributed by atoms with E-state index in [1.54, 1.807) is 23.9 Å². The fourth-order valence-electron chi connectivity index (χ4n) is 5.25. The molecule has 1 amide bonds. The van der Waals surface area contributed by atoms with Crippen molar-refractivity contribution in [1.29, 1.82) is 0 Å². The molecule has 1 saturated carbocycles. The Kier molecular flexibility index (Phi) is 6.99. The molecule has 1 aromatic carbocycles. The van der Waals surface area contributed by atoms with Crippen LogP contribution in [0.3, 0.4) is 0 Å². The maximum absolute atomic E-state index is 13.7. The van der Waals surface area contributed by atoms with Crippen molar-refractivity contribution in [2.24, 2.45) is 0 Å². The van der Waals surface area contributed by atoms with E-state index >= 15 is 0 Å². The van der Waals surface area contributed by atoms with Gasteiger partial charge in [0.1, 0.15) is 17.5 Å². The molecule has 1 fully saturated rings. The predicted molar refractivity (Wildman–Crippen MR) is 144 cm³/mol. The maximum atomic E-state index is 13.7. The number of fused-ring (bicyclic) bond motifs is 1. The van der Waals surface area contributed by atoms with Gasteiger partial charge in [-0.1, -0.05) is 26.0 Å². The van der Waals surface area contributed by atoms with E-state index in [0.717, 1.165) is 41.4 Å². The maximum Gasteiger partial charge on any atom is 0.419 e. The van der Waals surface area contributed by atoms with E-state index in [2.05, 4.69) is 10.3 Å². The van der Waals surface area contributed by atoms with Crippen LogP contribution in [0.15, 0.2) is 42.6 Å². The van der Waals surface area contributed by atoms with Crippen LogP contribution >= 0.6 is 0 Å². The lowest BCUT2D eigenvalue weighted by molar-refractivity contribution is -0.137. The van der Waals surface area contributed by atoms with Gasteiger partial charge in [0.25, 0.3) is 0 Å². The Labute approximate surface area is 226 Å². The minimum atomic E-state index is -4.48. The van der Waals surface area contributed by atoms with Crippen LogP contribution in [-0.4, -0.2) is 52.9 Å². The van der Waals surface area contributed by atoms with Crippen molar-refractivity contribution >= 4 is 23.2 Å². The van der Waals surface area contributed by atoms with Gasteiger partial charge in [-0.3, -0.25) is 4.79 Å². The first-order valence-electron chi connectivity index (χ1n) is 13.3. The van der Waals surface area contributed by atoms with Gasteiger partial charge in [-0.2, -0.15) is 13.2 Å². The summed E-state index contributed by atoms with van der Waals surface area (Å²) in [6, 6.07) is 10.3. The Hall–Kier alpha value is -3.69. The van der Waals surface area contributed by atoms with Crippen molar-refractivity contribution in [2.75, 3.05) is 37.4 Å². The van der Waals surface area contributed by atoms with E-state index in [1.165, 1.54) is 12.3 Å². The number of anilines is 3. The highest BCUT2D eigenvalue weighted by Crippen LogP contribution is 2.49. The van der Waals surface area contributed by atoms with Crippen LogP contribution in [0, 0.1) is 0 Å². The fraction of sp³-hybridized carbons (Fsp3) is 0.448. The number of rotatable bonds is 6. The molecule has 0 atom stereocenters. The van der Waals surface area contributed by atoms with E-state index in [4.69, 9.17) is 9.97 Å². The first-order chi connectivity index (χ1) is 18.5. The van der Waals surface area contributed by atoms with E-state index < -0.39 is 17.2 Å². The van der Waals surface area contributed by atoms with Gasteiger partial charge < -0.3 is 15.1 Å². The average Bonchev–Trinajstić information content (AvgIpc) is 3.72. The average molecular weight is 539 g/mol. The summed E-state index contributed by atoms with van der Waals surface area (Å²) >= 11 is 0. The second kappa shape index (κ2) is 10.1. The Morgan fingerprint density at radius 2 is 1.74 bits per heavy atom. The zero-order valence-corrected chi connectivity index (χ0v) is 22.6. The van der Waals surface area contributed by atoms with E-state index in [0.29, 0.717) is 37.6 Å². The zero-order valence-electron chi connectivity index (χ0n) is 22.6. The fourth-order valence-corrected chi connectivity index (χ4v) is 5.25. The summed E-state index contributed by atoms with van der Waals surface area (Å²) in [5.74, 6) is 1.50. The molecule has 1 N–H and O–H groups in total. The second-order valence-corrected chi connectivity index (χ2v) is 10.9. The Balaban J connectivity index is 1.42. The molecule has 10 heteroatoms. The van der Waals surface area contributed by atoms with Crippen molar-refractivity contribution < 1.29 is 18.0 Å². The summed E-state index contributed by atoms with van der Waals surface area (Å²) in [6.45, 7) is 4.77. The predicted octanol–water partition coefficient (Wildman–Crippen LogP) is 5.48. The SMILES string of the molecule is CC(C)c1nc2c(c(Nc3ccc(C4(C(=O)N(C)C)CC4)cc3)n1)CCN(c1ncccc1C(F)(F)F)CC2. The molecule has 7 nitrogen and oxygen atoms in total. The number of nitrogens with one attached hydrogen (secondary N) is 1. The number of pyridine rings is 1. The summed E-state index contributed by atoms with van der Waals surface area (Å²) < 4.78 is 41.1. The van der Waals surface area contributed by atoms with Gasteiger partial charge >= 0.3 is 6.18 Å². The largest absolute Gasteiger partial charge is 0.419 e. The molecule has 3 aromatic rings. The van der Waals surface area contributed by atoms with Gasteiger partial charge in [0.05, 0.1) is 16.7 Å². The third kappa shape index (κ3) is 5.29. The number of likely N-dealkylation sites (N-methyl/N-ethyl adjacent to an activating group) is 1. The highest BCUT2D eigenvalue weighted by Gasteiger charge is 2.51. The minimum Gasteiger partial charge on any atom is -0.355 e. The monoisotopic (exact) mass is 538 g/mol. The van der Waals surface area contributed by atoms with Crippen LogP contribution in [0.2, 0.25) is 0 Å². The second-order valence-electron chi connectivity index (χ2n) is 10.9. The molecule has 206 valence electrons. The number of aromatic nitrogens is 3. The Morgan fingerprint density at radius 1 is 1.05 bits per heavy atom. The van der Waals surface area contributed by atoms with Crippen LogP contribution in [0.25, 0.3) is 0 Å². The zero-order chi connectivity index (χ0) is 27.9. The third-order valence-corrected chi connectivity index (χ3v) is 7.53. The lowest BCUT2D eigenvalue weighted by Crippen LogP contribution is -2.33. The molecule has 0 radical (unpaired) electrons. The number of alkyl halides is 3. The normalized spacial score (nSPS) is 16.5. The molecule has 39 heavy (non-hydrogen) atoms. The highest BCUT2D eigenvalue weighted by molar-refractivity contribution is 5.91. The van der Waals surface area contributed by atoms with Crippen molar-refractivity contribution in [1.82, 2.24) is 19.9 Å². The summed E-state index contributed by atoms with van der Waals surface area (Å²) in [6.07, 6.45) is -0.444. The number of carbonyl (C=O) groups is 1. The van der Waals surface area contributed by atoms with Gasteiger partial charge in [0.15, 0.2) is 0 Å². The van der Waals surface area contributed by atoms with Crippen LogP contribution in [0.1, 0.15) is 60.8 Å². The molecule has 5 rings (SSSR count). The van der Waals surface area contributed by atoms with Gasteiger partial charge in [-0.25, -0.2) is 15.0 Å². The molecule has 0 bridgehead atoms. The number of amides is 1. The minimum absolute atomic E-state index is 0.0544. The van der Waals surface area contributed by atoms with Crippen molar-refractivity contribution in [3.05, 3.63) is 70.8 Å². The van der Waals surface area contributed by atoms with E-state index in [-0.39, 0.29) is 17.6 Å². The smallest absolute Gasteiger partial charge is 0.355 e. The number of halogens is 3. The summed E-state index contributed by atoms with van der Waals surface area (Å²) in [5.41, 5.74) is 2.41. The van der Waals surface area contributed by atoms with Crippen LogP contribution < -0.4 is 10.2 Å². The van der Waals surface area contributed by atoms with Crippen molar-refractivity contribution in [3.63, 3.8) is 0 Å². The highest BCUT2D eigenvalue weighted by atomic mass is 19.4. The number of hydrogen-bond acceptors (Lipinski definition) is 6. The van der Waals surface area contributed by atoms with Gasteiger partial charge in [0.2, 0.25) is 5.91 Å². The first-order valence-corrected chi connectivity index (χ1v) is 13.3. The standard InChI is InChI=1S/C29H33F3N6O/c1-18(2)24-35-23-12-17-38(26-22(29(30,31)32)6-5-15-33-26)16-11-21(23)25(36-24)34-20-9-7-19(8-10-20)28(13-14-28)27(39)37(3)4/h5-10,15,18H,11-14,16-17H2,1-4H3,(H,34,35,36). The summed E-state index contributed by atoms with van der Waals surface area (Å²) in [5, 5.41) is 3.44. The number of benzene rings is 1. The number of hydrogen-bond donors (Lipinski definition) is 1. The molecule has 2 aromatic heterocycles. The molecule has 0 saturated heterocycles. The number of carbonyl (C=O) groups excluding carboxylic acids is 1. The van der Waals surface area contributed by atoms with Gasteiger partial charge in [-0.15, -0.1) is 0 Å². The summed E-state index contributed by atoms with van der Waals surface area (Å²) in [4.78, 5) is 29.8.